The van der Waals surface area contributed by atoms with Gasteiger partial charge in [-0.3, -0.25) is 9.59 Å². The highest BCUT2D eigenvalue weighted by Crippen LogP contribution is 2.24. The summed E-state index contributed by atoms with van der Waals surface area (Å²) in [7, 11) is 0. The predicted molar refractivity (Wildman–Crippen MR) is 133 cm³/mol. The van der Waals surface area contributed by atoms with Gasteiger partial charge < -0.3 is 14.6 Å². The van der Waals surface area contributed by atoms with Crippen molar-refractivity contribution in [3.63, 3.8) is 0 Å². The zero-order valence-electron chi connectivity index (χ0n) is 20.1. The van der Waals surface area contributed by atoms with E-state index >= 15 is 0 Å². The molecule has 1 aromatic heterocycles. The molecule has 4 aromatic rings. The zero-order chi connectivity index (χ0) is 26.0. The van der Waals surface area contributed by atoms with Gasteiger partial charge in [0.15, 0.2) is 0 Å². The number of amides is 1. The first-order chi connectivity index (χ1) is 17.0. The van der Waals surface area contributed by atoms with E-state index in [2.05, 4.69) is 10.1 Å². The van der Waals surface area contributed by atoms with E-state index in [1.807, 2.05) is 32.9 Å². The summed E-state index contributed by atoms with van der Waals surface area (Å²) in [6.45, 7) is 6.16. The van der Waals surface area contributed by atoms with E-state index in [1.165, 1.54) is 28.8 Å². The summed E-state index contributed by atoms with van der Waals surface area (Å²) in [6, 6.07) is 16.3. The summed E-state index contributed by atoms with van der Waals surface area (Å²) < 4.78 is 42.5. The number of carbonyl (C=O) groups is 1. The molecule has 1 amide bonds. The third kappa shape index (κ3) is 5.76. The maximum atomic E-state index is 13.1. The molecule has 8 heteroatoms. The van der Waals surface area contributed by atoms with Crippen LogP contribution in [-0.4, -0.2) is 16.8 Å². The molecule has 3 aromatic carbocycles. The third-order valence-corrected chi connectivity index (χ3v) is 5.98. The molecular weight excluding hydrogens is 469 g/mol. The number of nitrogens with one attached hydrogen (secondary N) is 1. The minimum absolute atomic E-state index is 0.170. The highest BCUT2D eigenvalue weighted by molar-refractivity contribution is 6.02. The van der Waals surface area contributed by atoms with Crippen molar-refractivity contribution in [3.05, 3.63) is 105 Å². The summed E-state index contributed by atoms with van der Waals surface area (Å²) in [5, 5.41) is 3.97. The smallest absolute Gasteiger partial charge is 0.406 e. The lowest BCUT2D eigenvalue weighted by molar-refractivity contribution is -0.274. The number of hydrogen-bond acceptors (Lipinski definition) is 3. The second kappa shape index (κ2) is 9.89. The number of halogens is 3. The fourth-order valence-electron chi connectivity index (χ4n) is 4.39. The molecule has 186 valence electrons. The molecule has 0 spiro atoms. The number of pyridine rings is 1. The Morgan fingerprint density at radius 2 is 1.61 bits per heavy atom. The van der Waals surface area contributed by atoms with Crippen LogP contribution in [-0.2, 0) is 17.8 Å². The van der Waals surface area contributed by atoms with E-state index in [9.17, 15) is 22.8 Å². The van der Waals surface area contributed by atoms with Crippen LogP contribution < -0.4 is 15.6 Å². The van der Waals surface area contributed by atoms with Gasteiger partial charge in [-0.15, -0.1) is 13.2 Å². The Kier molecular flexibility index (Phi) is 6.88. The molecule has 0 saturated heterocycles. The van der Waals surface area contributed by atoms with E-state index in [0.717, 1.165) is 22.3 Å². The molecular formula is C28H25F3N2O3. The van der Waals surface area contributed by atoms with E-state index in [-0.39, 0.29) is 30.2 Å². The lowest BCUT2D eigenvalue weighted by Gasteiger charge is -2.14. The molecule has 0 fully saturated rings. The largest absolute Gasteiger partial charge is 0.573 e. The summed E-state index contributed by atoms with van der Waals surface area (Å²) in [6.07, 6.45) is -2.93. The van der Waals surface area contributed by atoms with Crippen molar-refractivity contribution < 1.29 is 22.7 Å². The lowest BCUT2D eigenvalue weighted by atomic mass is 9.97. The molecule has 1 heterocycles. The second-order valence-corrected chi connectivity index (χ2v) is 8.81. The number of rotatable bonds is 6. The number of carbonyl (C=O) groups excluding carboxylic acids is 1. The zero-order valence-corrected chi connectivity index (χ0v) is 20.1. The van der Waals surface area contributed by atoms with Crippen molar-refractivity contribution in [1.29, 1.82) is 0 Å². The fraction of sp³-hybridized carbons (Fsp3) is 0.214. The van der Waals surface area contributed by atoms with Gasteiger partial charge in [0, 0.05) is 22.7 Å². The third-order valence-electron chi connectivity index (χ3n) is 5.98. The van der Waals surface area contributed by atoms with Gasteiger partial charge in [-0.05, 0) is 73.4 Å². The number of hydrogen-bond donors (Lipinski definition) is 1. The number of aryl methyl sites for hydroxylation is 3. The van der Waals surface area contributed by atoms with Crippen molar-refractivity contribution in [2.24, 2.45) is 0 Å². The number of aromatic nitrogens is 1. The molecule has 0 aliphatic heterocycles. The Morgan fingerprint density at radius 3 is 2.25 bits per heavy atom. The summed E-state index contributed by atoms with van der Waals surface area (Å²) in [5.74, 6) is -0.503. The number of benzene rings is 3. The number of fused-ring (bicyclic) bond motifs is 1. The molecule has 0 unspecified atom stereocenters. The van der Waals surface area contributed by atoms with Crippen LogP contribution in [0.2, 0.25) is 0 Å². The standard InChI is InChI=1S/C28H25F3N2O3/c1-17-13-18(2)24(19(3)14-17)15-26(34)32-25-6-4-5-23-22(25)11-12-33(27(23)35)16-20-7-9-21(10-8-20)36-28(29,30)31/h4-14H,15-16H2,1-3H3,(H,32,34). The van der Waals surface area contributed by atoms with E-state index in [0.29, 0.717) is 22.0 Å². The molecule has 0 saturated carbocycles. The number of nitrogens with zero attached hydrogens (tertiary/aromatic N) is 1. The molecule has 5 nitrogen and oxygen atoms in total. The van der Waals surface area contributed by atoms with Crippen LogP contribution in [0.5, 0.6) is 5.75 Å². The highest BCUT2D eigenvalue weighted by Gasteiger charge is 2.30. The molecule has 1 N–H and O–H groups in total. The maximum Gasteiger partial charge on any atom is 0.573 e. The minimum atomic E-state index is -4.76. The van der Waals surface area contributed by atoms with Gasteiger partial charge in [0.1, 0.15) is 5.75 Å². The Labute approximate surface area is 206 Å². The summed E-state index contributed by atoms with van der Waals surface area (Å²) in [4.78, 5) is 26.0. The van der Waals surface area contributed by atoms with Gasteiger partial charge in [0.2, 0.25) is 5.91 Å². The number of ether oxygens (including phenoxy) is 1. The number of alkyl halides is 3. The van der Waals surface area contributed by atoms with Crippen LogP contribution in [0.3, 0.4) is 0 Å². The average Bonchev–Trinajstić information content (AvgIpc) is 2.79. The van der Waals surface area contributed by atoms with Gasteiger partial charge >= 0.3 is 6.36 Å². The van der Waals surface area contributed by atoms with E-state index < -0.39 is 6.36 Å². The van der Waals surface area contributed by atoms with Crippen LogP contribution in [0.1, 0.15) is 27.8 Å². The van der Waals surface area contributed by atoms with Gasteiger partial charge in [-0.25, -0.2) is 0 Å². The van der Waals surface area contributed by atoms with Crippen molar-refractivity contribution in [2.45, 2.75) is 40.1 Å². The SMILES string of the molecule is Cc1cc(C)c(CC(=O)Nc2cccc3c(=O)n(Cc4ccc(OC(F)(F)F)cc4)ccc23)c(C)c1. The normalized spacial score (nSPS) is 11.5. The molecule has 0 atom stereocenters. The second-order valence-electron chi connectivity index (χ2n) is 8.81. The van der Waals surface area contributed by atoms with Gasteiger partial charge in [-0.1, -0.05) is 35.9 Å². The maximum absolute atomic E-state index is 13.1. The van der Waals surface area contributed by atoms with Gasteiger partial charge in [0.25, 0.3) is 5.56 Å². The van der Waals surface area contributed by atoms with Crippen LogP contribution in [0.4, 0.5) is 18.9 Å². The summed E-state index contributed by atoms with van der Waals surface area (Å²) >= 11 is 0. The topological polar surface area (TPSA) is 60.3 Å². The lowest BCUT2D eigenvalue weighted by Crippen LogP contribution is -2.21. The fourth-order valence-corrected chi connectivity index (χ4v) is 4.39. The van der Waals surface area contributed by atoms with Crippen molar-refractivity contribution in [2.75, 3.05) is 5.32 Å². The highest BCUT2D eigenvalue weighted by atomic mass is 19.4. The van der Waals surface area contributed by atoms with E-state index in [4.69, 9.17) is 0 Å². The quantitative estimate of drug-likeness (QED) is 0.355. The van der Waals surface area contributed by atoms with Crippen LogP contribution >= 0.6 is 0 Å². The van der Waals surface area contributed by atoms with Crippen molar-refractivity contribution in [1.82, 2.24) is 4.57 Å². The Hall–Kier alpha value is -4.07. The van der Waals surface area contributed by atoms with Crippen LogP contribution in [0, 0.1) is 20.8 Å². The first kappa shape index (κ1) is 25.0. The predicted octanol–water partition coefficient (Wildman–Crippen LogP) is 6.05. The van der Waals surface area contributed by atoms with Crippen LogP contribution in [0.25, 0.3) is 10.8 Å². The Morgan fingerprint density at radius 1 is 0.944 bits per heavy atom. The van der Waals surface area contributed by atoms with Gasteiger partial charge in [-0.2, -0.15) is 0 Å². The van der Waals surface area contributed by atoms with Crippen molar-refractivity contribution >= 4 is 22.4 Å². The molecule has 0 aliphatic rings. The molecule has 36 heavy (non-hydrogen) atoms. The minimum Gasteiger partial charge on any atom is -0.406 e. The van der Waals surface area contributed by atoms with Crippen LogP contribution in [0.15, 0.2) is 71.7 Å². The van der Waals surface area contributed by atoms with Gasteiger partial charge in [0.05, 0.1) is 13.0 Å². The first-order valence-electron chi connectivity index (χ1n) is 11.3. The Balaban J connectivity index is 1.54. The van der Waals surface area contributed by atoms with E-state index in [1.54, 1.807) is 30.5 Å². The molecule has 0 radical (unpaired) electrons. The Bertz CT molecular complexity index is 1470. The number of anilines is 1. The molecule has 0 bridgehead atoms. The van der Waals surface area contributed by atoms with Crippen molar-refractivity contribution in [3.8, 4) is 5.75 Å². The molecule has 0 aliphatic carbocycles. The monoisotopic (exact) mass is 494 g/mol. The molecule has 4 rings (SSSR count). The first-order valence-corrected chi connectivity index (χ1v) is 11.3. The summed E-state index contributed by atoms with van der Waals surface area (Å²) in [5.41, 5.74) is 5.14. The average molecular weight is 495 g/mol.